The largest absolute Gasteiger partial charge is 0.388 e. The Balaban J connectivity index is 2.12. The zero-order chi connectivity index (χ0) is 14.8. The van der Waals surface area contributed by atoms with E-state index in [2.05, 4.69) is 12.2 Å². The number of hydrogen-bond acceptors (Lipinski definition) is 4. The first-order chi connectivity index (χ1) is 9.41. The third-order valence-electron chi connectivity index (χ3n) is 4.11. The number of nitrogens with zero attached hydrogens (tertiary/aromatic N) is 1. The van der Waals surface area contributed by atoms with Crippen molar-refractivity contribution in [3.05, 3.63) is 33.9 Å². The number of nitro groups is 1. The predicted molar refractivity (Wildman–Crippen MR) is 78.9 cm³/mol. The fourth-order valence-corrected chi connectivity index (χ4v) is 3.08. The van der Waals surface area contributed by atoms with Crippen LogP contribution in [0.3, 0.4) is 0 Å². The van der Waals surface area contributed by atoms with E-state index in [0.717, 1.165) is 31.2 Å². The van der Waals surface area contributed by atoms with Crippen LogP contribution in [0.1, 0.15) is 38.2 Å². The number of benzene rings is 1. The van der Waals surface area contributed by atoms with Crippen LogP contribution in [0.2, 0.25) is 0 Å². The summed E-state index contributed by atoms with van der Waals surface area (Å²) >= 11 is 0. The second-order valence-corrected chi connectivity index (χ2v) is 6.01. The van der Waals surface area contributed by atoms with E-state index in [-0.39, 0.29) is 10.6 Å². The van der Waals surface area contributed by atoms with Gasteiger partial charge in [0.25, 0.3) is 5.69 Å². The van der Waals surface area contributed by atoms with Crippen LogP contribution in [0.4, 0.5) is 11.4 Å². The molecular formula is C15H22N2O3. The molecule has 2 rings (SSSR count). The number of aryl methyl sites for hydroxylation is 1. The SMILES string of the molecule is Cc1cccc([N+](=O)[O-])c1NCC1(O)CCCC(C)C1. The zero-order valence-corrected chi connectivity index (χ0v) is 12.1. The van der Waals surface area contributed by atoms with Gasteiger partial charge in [-0.25, -0.2) is 0 Å². The lowest BCUT2D eigenvalue weighted by molar-refractivity contribution is -0.384. The minimum Gasteiger partial charge on any atom is -0.388 e. The van der Waals surface area contributed by atoms with Crippen LogP contribution in [0.5, 0.6) is 0 Å². The number of para-hydroxylation sites is 1. The molecule has 0 bridgehead atoms. The van der Waals surface area contributed by atoms with E-state index < -0.39 is 5.60 Å². The van der Waals surface area contributed by atoms with Crippen LogP contribution in [-0.2, 0) is 0 Å². The van der Waals surface area contributed by atoms with Gasteiger partial charge in [0.05, 0.1) is 10.5 Å². The highest BCUT2D eigenvalue weighted by Crippen LogP contribution is 2.34. The van der Waals surface area contributed by atoms with Crippen LogP contribution in [-0.4, -0.2) is 22.2 Å². The van der Waals surface area contributed by atoms with E-state index >= 15 is 0 Å². The van der Waals surface area contributed by atoms with Crippen molar-refractivity contribution in [1.29, 1.82) is 0 Å². The molecule has 0 saturated heterocycles. The first kappa shape index (κ1) is 14.8. The molecule has 0 amide bonds. The maximum atomic E-state index is 11.1. The van der Waals surface area contributed by atoms with Crippen LogP contribution in [0, 0.1) is 23.0 Å². The summed E-state index contributed by atoms with van der Waals surface area (Å²) in [7, 11) is 0. The molecule has 1 fully saturated rings. The number of aliphatic hydroxyl groups is 1. The second kappa shape index (κ2) is 5.79. The molecule has 1 aromatic carbocycles. The summed E-state index contributed by atoms with van der Waals surface area (Å²) in [6, 6.07) is 5.00. The topological polar surface area (TPSA) is 75.4 Å². The Kier molecular flexibility index (Phi) is 4.28. The van der Waals surface area contributed by atoms with Gasteiger partial charge in [0, 0.05) is 12.6 Å². The maximum absolute atomic E-state index is 11.1. The monoisotopic (exact) mass is 278 g/mol. The lowest BCUT2D eigenvalue weighted by Crippen LogP contribution is -2.41. The molecule has 1 saturated carbocycles. The highest BCUT2D eigenvalue weighted by molar-refractivity contribution is 5.66. The predicted octanol–water partition coefficient (Wildman–Crippen LogP) is 3.26. The summed E-state index contributed by atoms with van der Waals surface area (Å²) in [6.45, 7) is 4.34. The average Bonchev–Trinajstić information content (AvgIpc) is 2.36. The van der Waals surface area contributed by atoms with Crippen LogP contribution < -0.4 is 5.32 Å². The summed E-state index contributed by atoms with van der Waals surface area (Å²) in [6.07, 6.45) is 3.66. The number of nitro benzene ring substituents is 1. The molecule has 110 valence electrons. The van der Waals surface area contributed by atoms with Gasteiger partial charge in [-0.3, -0.25) is 10.1 Å². The Morgan fingerprint density at radius 1 is 1.55 bits per heavy atom. The van der Waals surface area contributed by atoms with Crippen molar-refractivity contribution in [2.75, 3.05) is 11.9 Å². The van der Waals surface area contributed by atoms with Crippen molar-refractivity contribution in [2.45, 2.75) is 45.1 Å². The number of rotatable bonds is 4. The third kappa shape index (κ3) is 3.28. The Bertz CT molecular complexity index is 504. The normalized spacial score (nSPS) is 26.2. The number of hydrogen-bond donors (Lipinski definition) is 2. The molecule has 0 heterocycles. The summed E-state index contributed by atoms with van der Waals surface area (Å²) in [4.78, 5) is 10.7. The van der Waals surface area contributed by atoms with Gasteiger partial charge in [-0.2, -0.15) is 0 Å². The summed E-state index contributed by atoms with van der Waals surface area (Å²) < 4.78 is 0. The van der Waals surface area contributed by atoms with Gasteiger partial charge in [0.15, 0.2) is 0 Å². The molecule has 2 unspecified atom stereocenters. The van der Waals surface area contributed by atoms with Crippen LogP contribution >= 0.6 is 0 Å². The van der Waals surface area contributed by atoms with E-state index in [1.165, 1.54) is 6.07 Å². The fraction of sp³-hybridized carbons (Fsp3) is 0.600. The van der Waals surface area contributed by atoms with Crippen molar-refractivity contribution in [1.82, 2.24) is 0 Å². The highest BCUT2D eigenvalue weighted by Gasteiger charge is 2.33. The van der Waals surface area contributed by atoms with E-state index in [4.69, 9.17) is 0 Å². The van der Waals surface area contributed by atoms with Gasteiger partial charge in [-0.1, -0.05) is 31.9 Å². The van der Waals surface area contributed by atoms with Crippen molar-refractivity contribution in [2.24, 2.45) is 5.92 Å². The van der Waals surface area contributed by atoms with Crippen molar-refractivity contribution in [3.63, 3.8) is 0 Å². The Labute approximate surface area is 119 Å². The van der Waals surface area contributed by atoms with Crippen LogP contribution in [0.15, 0.2) is 18.2 Å². The number of nitrogens with one attached hydrogen (secondary N) is 1. The second-order valence-electron chi connectivity index (χ2n) is 6.01. The Morgan fingerprint density at radius 2 is 2.30 bits per heavy atom. The van der Waals surface area contributed by atoms with E-state index in [1.807, 2.05) is 13.0 Å². The molecule has 1 aromatic rings. The summed E-state index contributed by atoms with van der Waals surface area (Å²) in [5.74, 6) is 0.502. The quantitative estimate of drug-likeness (QED) is 0.654. The first-order valence-corrected chi connectivity index (χ1v) is 7.11. The molecule has 2 N–H and O–H groups in total. The van der Waals surface area contributed by atoms with Crippen LogP contribution in [0.25, 0.3) is 0 Å². The molecule has 20 heavy (non-hydrogen) atoms. The minimum absolute atomic E-state index is 0.0671. The highest BCUT2D eigenvalue weighted by atomic mass is 16.6. The molecule has 0 radical (unpaired) electrons. The first-order valence-electron chi connectivity index (χ1n) is 7.11. The molecule has 5 nitrogen and oxygen atoms in total. The molecular weight excluding hydrogens is 256 g/mol. The molecule has 1 aliphatic carbocycles. The van der Waals surface area contributed by atoms with Gasteiger partial charge in [-0.05, 0) is 31.2 Å². The van der Waals surface area contributed by atoms with E-state index in [9.17, 15) is 15.2 Å². The van der Waals surface area contributed by atoms with Gasteiger partial charge in [-0.15, -0.1) is 0 Å². The van der Waals surface area contributed by atoms with Crippen molar-refractivity contribution < 1.29 is 10.0 Å². The Hall–Kier alpha value is -1.62. The van der Waals surface area contributed by atoms with Crippen molar-refractivity contribution >= 4 is 11.4 Å². The molecule has 0 spiro atoms. The van der Waals surface area contributed by atoms with Gasteiger partial charge >= 0.3 is 0 Å². The molecule has 1 aliphatic rings. The molecule has 2 atom stereocenters. The van der Waals surface area contributed by atoms with E-state index in [1.54, 1.807) is 6.07 Å². The lowest BCUT2D eigenvalue weighted by atomic mass is 9.79. The average molecular weight is 278 g/mol. The molecule has 0 aliphatic heterocycles. The summed E-state index contributed by atoms with van der Waals surface area (Å²) in [5, 5.41) is 24.8. The lowest BCUT2D eigenvalue weighted by Gasteiger charge is -2.36. The third-order valence-corrected chi connectivity index (χ3v) is 4.11. The van der Waals surface area contributed by atoms with Gasteiger partial charge in [0.2, 0.25) is 0 Å². The van der Waals surface area contributed by atoms with Crippen molar-refractivity contribution in [3.8, 4) is 0 Å². The minimum atomic E-state index is -0.756. The Morgan fingerprint density at radius 3 is 2.95 bits per heavy atom. The fourth-order valence-electron chi connectivity index (χ4n) is 3.08. The zero-order valence-electron chi connectivity index (χ0n) is 12.1. The maximum Gasteiger partial charge on any atom is 0.292 e. The smallest absolute Gasteiger partial charge is 0.292 e. The summed E-state index contributed by atoms with van der Waals surface area (Å²) in [5.41, 5.74) is 0.654. The molecule has 0 aromatic heterocycles. The standard InChI is InChI=1S/C15H22N2O3/c1-11-5-4-8-15(18,9-11)10-16-14-12(2)6-3-7-13(14)17(19)20/h3,6-7,11,16,18H,4-5,8-10H2,1-2H3. The van der Waals surface area contributed by atoms with Gasteiger partial charge in [0.1, 0.15) is 5.69 Å². The van der Waals surface area contributed by atoms with E-state index in [0.29, 0.717) is 18.2 Å². The molecule has 5 heteroatoms. The van der Waals surface area contributed by atoms with Gasteiger partial charge < -0.3 is 10.4 Å². The number of anilines is 1.